The molecule has 0 radical (unpaired) electrons. The Bertz CT molecular complexity index is 1110. The number of methoxy groups -OCH3 is 2. The standard InChI is InChI=1S/C26H27FN2O4/c1-31-21-6-5-7-22(17-21)33-18-20-16-19(10-11-25(20)32-2)26(30)29-14-12-28(13-15-29)24-9-4-3-8-23(24)27/h3-11,16-17H,12-15,18H2,1-2H3. The smallest absolute Gasteiger partial charge is 0.253 e. The molecule has 1 aliphatic rings. The van der Waals surface area contributed by atoms with Crippen molar-refractivity contribution >= 4 is 11.6 Å². The summed E-state index contributed by atoms with van der Waals surface area (Å²) < 4.78 is 30.7. The first kappa shape index (κ1) is 22.5. The Labute approximate surface area is 193 Å². The second-order valence-electron chi connectivity index (χ2n) is 7.72. The maximum Gasteiger partial charge on any atom is 0.253 e. The van der Waals surface area contributed by atoms with Gasteiger partial charge in [0.1, 0.15) is 29.7 Å². The molecule has 33 heavy (non-hydrogen) atoms. The highest BCUT2D eigenvalue weighted by Gasteiger charge is 2.24. The number of benzene rings is 3. The van der Waals surface area contributed by atoms with Crippen molar-refractivity contribution in [1.82, 2.24) is 4.90 Å². The van der Waals surface area contributed by atoms with E-state index < -0.39 is 0 Å². The second-order valence-corrected chi connectivity index (χ2v) is 7.72. The van der Waals surface area contributed by atoms with Gasteiger partial charge in [0, 0.05) is 43.4 Å². The van der Waals surface area contributed by atoms with Gasteiger partial charge in [0.25, 0.3) is 5.91 Å². The molecule has 0 N–H and O–H groups in total. The molecule has 0 saturated carbocycles. The topological polar surface area (TPSA) is 51.2 Å². The van der Waals surface area contributed by atoms with Gasteiger partial charge in [-0.15, -0.1) is 0 Å². The van der Waals surface area contributed by atoms with Crippen LogP contribution in [0.4, 0.5) is 10.1 Å². The molecule has 6 nitrogen and oxygen atoms in total. The van der Waals surface area contributed by atoms with Crippen molar-refractivity contribution in [2.45, 2.75) is 6.61 Å². The van der Waals surface area contributed by atoms with Crippen molar-refractivity contribution < 1.29 is 23.4 Å². The zero-order chi connectivity index (χ0) is 23.2. The first-order chi connectivity index (χ1) is 16.1. The van der Waals surface area contributed by atoms with Gasteiger partial charge in [0.15, 0.2) is 0 Å². The van der Waals surface area contributed by atoms with Crippen LogP contribution in [0.3, 0.4) is 0 Å². The molecule has 0 unspecified atom stereocenters. The second kappa shape index (κ2) is 10.3. The lowest BCUT2D eigenvalue weighted by molar-refractivity contribution is 0.0746. The number of hydrogen-bond acceptors (Lipinski definition) is 5. The van der Waals surface area contributed by atoms with E-state index in [1.807, 2.05) is 35.2 Å². The molecule has 0 atom stereocenters. The van der Waals surface area contributed by atoms with E-state index >= 15 is 0 Å². The van der Waals surface area contributed by atoms with Crippen molar-refractivity contribution in [3.8, 4) is 17.2 Å². The van der Waals surface area contributed by atoms with Gasteiger partial charge in [-0.2, -0.15) is 0 Å². The molecule has 172 valence electrons. The number of hydrogen-bond donors (Lipinski definition) is 0. The fraction of sp³-hybridized carbons (Fsp3) is 0.269. The van der Waals surface area contributed by atoms with Crippen LogP contribution >= 0.6 is 0 Å². The third-order valence-electron chi connectivity index (χ3n) is 5.72. The van der Waals surface area contributed by atoms with E-state index in [1.165, 1.54) is 6.07 Å². The summed E-state index contributed by atoms with van der Waals surface area (Å²) in [6, 6.07) is 19.4. The number of carbonyl (C=O) groups is 1. The molecule has 4 rings (SSSR count). The van der Waals surface area contributed by atoms with Crippen molar-refractivity contribution in [2.75, 3.05) is 45.3 Å². The summed E-state index contributed by atoms with van der Waals surface area (Å²) in [6.45, 7) is 2.45. The molecule has 0 bridgehead atoms. The van der Waals surface area contributed by atoms with E-state index in [-0.39, 0.29) is 18.3 Å². The van der Waals surface area contributed by atoms with E-state index in [0.717, 1.165) is 5.56 Å². The van der Waals surface area contributed by atoms with Crippen LogP contribution in [-0.2, 0) is 6.61 Å². The van der Waals surface area contributed by atoms with Gasteiger partial charge in [-0.05, 0) is 42.5 Å². The van der Waals surface area contributed by atoms with Gasteiger partial charge in [0.05, 0.1) is 19.9 Å². The lowest BCUT2D eigenvalue weighted by Crippen LogP contribution is -2.49. The fourth-order valence-corrected chi connectivity index (χ4v) is 3.92. The van der Waals surface area contributed by atoms with E-state index in [2.05, 4.69) is 0 Å². The van der Waals surface area contributed by atoms with Gasteiger partial charge in [-0.1, -0.05) is 18.2 Å². The Morgan fingerprint density at radius 1 is 0.879 bits per heavy atom. The van der Waals surface area contributed by atoms with Crippen molar-refractivity contribution in [1.29, 1.82) is 0 Å². The Hall–Kier alpha value is -3.74. The number of piperazine rings is 1. The Kier molecular flexibility index (Phi) is 6.98. The van der Waals surface area contributed by atoms with Crippen LogP contribution in [0, 0.1) is 5.82 Å². The molecule has 1 aliphatic heterocycles. The first-order valence-electron chi connectivity index (χ1n) is 10.8. The highest BCUT2D eigenvalue weighted by Crippen LogP contribution is 2.26. The number of amides is 1. The lowest BCUT2D eigenvalue weighted by Gasteiger charge is -2.36. The number of ether oxygens (including phenoxy) is 3. The molecule has 1 saturated heterocycles. The molecule has 1 amide bonds. The van der Waals surface area contributed by atoms with Crippen LogP contribution in [0.5, 0.6) is 17.2 Å². The predicted octanol–water partition coefficient (Wildman–Crippen LogP) is 4.38. The fourth-order valence-electron chi connectivity index (χ4n) is 3.92. The molecule has 3 aromatic carbocycles. The summed E-state index contributed by atoms with van der Waals surface area (Å²) in [4.78, 5) is 16.9. The molecule has 3 aromatic rings. The minimum atomic E-state index is -0.242. The average molecular weight is 451 g/mol. The van der Waals surface area contributed by atoms with Gasteiger partial charge >= 0.3 is 0 Å². The predicted molar refractivity (Wildman–Crippen MR) is 125 cm³/mol. The SMILES string of the molecule is COc1cccc(OCc2cc(C(=O)N3CCN(c4ccccc4F)CC3)ccc2OC)c1. The van der Waals surface area contributed by atoms with E-state index in [1.54, 1.807) is 49.5 Å². The molecule has 1 heterocycles. The normalized spacial score (nSPS) is 13.5. The van der Waals surface area contributed by atoms with Crippen molar-refractivity contribution in [3.05, 3.63) is 83.7 Å². The summed E-state index contributed by atoms with van der Waals surface area (Å²) in [7, 11) is 3.20. The van der Waals surface area contributed by atoms with E-state index in [9.17, 15) is 9.18 Å². The summed E-state index contributed by atoms with van der Waals surface area (Å²) in [5.74, 6) is 1.72. The molecule has 0 aliphatic carbocycles. The first-order valence-corrected chi connectivity index (χ1v) is 10.8. The van der Waals surface area contributed by atoms with Crippen molar-refractivity contribution in [3.63, 3.8) is 0 Å². The Balaban J connectivity index is 1.43. The summed E-state index contributed by atoms with van der Waals surface area (Å²) in [5.41, 5.74) is 1.92. The molecule has 7 heteroatoms. The third-order valence-corrected chi connectivity index (χ3v) is 5.72. The minimum Gasteiger partial charge on any atom is -0.497 e. The Morgan fingerprint density at radius 3 is 2.36 bits per heavy atom. The number of carbonyl (C=O) groups excluding carboxylic acids is 1. The highest BCUT2D eigenvalue weighted by molar-refractivity contribution is 5.94. The number of nitrogens with zero attached hydrogens (tertiary/aromatic N) is 2. The molecule has 0 spiro atoms. The van der Waals surface area contributed by atoms with Crippen molar-refractivity contribution in [2.24, 2.45) is 0 Å². The lowest BCUT2D eigenvalue weighted by atomic mass is 10.1. The number of anilines is 1. The summed E-state index contributed by atoms with van der Waals surface area (Å²) >= 11 is 0. The maximum atomic E-state index is 14.1. The zero-order valence-corrected chi connectivity index (χ0v) is 18.8. The largest absolute Gasteiger partial charge is 0.497 e. The number of halogens is 1. The Morgan fingerprint density at radius 2 is 1.64 bits per heavy atom. The van der Waals surface area contributed by atoms with Crippen LogP contribution in [-0.4, -0.2) is 51.2 Å². The van der Waals surface area contributed by atoms with Crippen LogP contribution < -0.4 is 19.1 Å². The van der Waals surface area contributed by atoms with Gasteiger partial charge in [-0.25, -0.2) is 4.39 Å². The van der Waals surface area contributed by atoms with Crippen LogP contribution in [0.2, 0.25) is 0 Å². The minimum absolute atomic E-state index is 0.0616. The van der Waals surface area contributed by atoms with Gasteiger partial charge < -0.3 is 24.0 Å². The van der Waals surface area contributed by atoms with E-state index in [4.69, 9.17) is 14.2 Å². The van der Waals surface area contributed by atoms with Gasteiger partial charge in [0.2, 0.25) is 0 Å². The summed E-state index contributed by atoms with van der Waals surface area (Å²) in [6.07, 6.45) is 0. The average Bonchev–Trinajstić information content (AvgIpc) is 2.87. The maximum absolute atomic E-state index is 14.1. The third kappa shape index (κ3) is 5.19. The molecule has 0 aromatic heterocycles. The van der Waals surface area contributed by atoms with Crippen LogP contribution in [0.1, 0.15) is 15.9 Å². The van der Waals surface area contributed by atoms with Crippen LogP contribution in [0.25, 0.3) is 0 Å². The van der Waals surface area contributed by atoms with Crippen LogP contribution in [0.15, 0.2) is 66.7 Å². The highest BCUT2D eigenvalue weighted by atomic mass is 19.1. The zero-order valence-electron chi connectivity index (χ0n) is 18.8. The number of rotatable bonds is 7. The monoisotopic (exact) mass is 450 g/mol. The van der Waals surface area contributed by atoms with Gasteiger partial charge in [-0.3, -0.25) is 4.79 Å². The van der Waals surface area contributed by atoms with E-state index in [0.29, 0.717) is 54.7 Å². The molecular weight excluding hydrogens is 423 g/mol. The number of para-hydroxylation sites is 1. The molecule has 1 fully saturated rings. The summed E-state index contributed by atoms with van der Waals surface area (Å²) in [5, 5.41) is 0. The molecular formula is C26H27FN2O4. The quantitative estimate of drug-likeness (QED) is 0.535.